The number of nitrogens with one attached hydrogen (secondary N) is 1. The van der Waals surface area contributed by atoms with Crippen molar-refractivity contribution in [2.75, 3.05) is 0 Å². The van der Waals surface area contributed by atoms with Crippen LogP contribution < -0.4 is 0 Å². The highest BCUT2D eigenvalue weighted by Gasteiger charge is 2.12. The van der Waals surface area contributed by atoms with Crippen molar-refractivity contribution >= 4 is 11.1 Å². The molecule has 1 N–H and O–H groups in total. The van der Waals surface area contributed by atoms with Crippen LogP contribution >= 0.6 is 0 Å². The second-order valence-electron chi connectivity index (χ2n) is 6.12. The van der Waals surface area contributed by atoms with E-state index in [9.17, 15) is 0 Å². The van der Waals surface area contributed by atoms with Crippen LogP contribution in [0.15, 0.2) is 89.8 Å². The van der Waals surface area contributed by atoms with E-state index < -0.39 is 0 Å². The molecule has 0 unspecified atom stereocenters. The predicted molar refractivity (Wildman–Crippen MR) is 102 cm³/mol. The molecule has 0 saturated heterocycles. The molecule has 0 saturated carbocycles. The SMILES string of the molecule is c1ccc(-c2ccc(-c3coc4ccc(-c5cn[nH]c5)nc34)cc2)cc1. The summed E-state index contributed by atoms with van der Waals surface area (Å²) in [6.45, 7) is 0. The molecule has 0 radical (unpaired) electrons. The number of hydrogen-bond acceptors (Lipinski definition) is 3. The standard InChI is InChI=1S/C22H15N3O/c1-2-4-15(5-3-1)16-6-8-17(9-7-16)19-14-26-21-11-10-20(25-22(19)21)18-12-23-24-13-18/h1-14H,(H,23,24). The smallest absolute Gasteiger partial charge is 0.153 e. The first kappa shape index (κ1) is 14.7. The van der Waals surface area contributed by atoms with Crippen LogP contribution in [0.5, 0.6) is 0 Å². The van der Waals surface area contributed by atoms with Crippen molar-refractivity contribution in [1.82, 2.24) is 15.2 Å². The van der Waals surface area contributed by atoms with Crippen LogP contribution in [0.25, 0.3) is 44.6 Å². The summed E-state index contributed by atoms with van der Waals surface area (Å²) >= 11 is 0. The van der Waals surface area contributed by atoms with Crippen LogP contribution in [-0.2, 0) is 0 Å². The topological polar surface area (TPSA) is 54.7 Å². The van der Waals surface area contributed by atoms with Gasteiger partial charge < -0.3 is 4.42 Å². The number of aromatic amines is 1. The van der Waals surface area contributed by atoms with Crippen molar-refractivity contribution in [2.45, 2.75) is 0 Å². The molecule has 0 spiro atoms. The normalized spacial score (nSPS) is 11.1. The first-order valence-electron chi connectivity index (χ1n) is 8.42. The van der Waals surface area contributed by atoms with Gasteiger partial charge in [-0.1, -0.05) is 54.6 Å². The molecular weight excluding hydrogens is 322 g/mol. The Morgan fingerprint density at radius 2 is 1.50 bits per heavy atom. The molecule has 2 aromatic carbocycles. The molecule has 4 heteroatoms. The van der Waals surface area contributed by atoms with Gasteiger partial charge in [-0.3, -0.25) is 5.10 Å². The second-order valence-corrected chi connectivity index (χ2v) is 6.12. The minimum Gasteiger partial charge on any atom is -0.462 e. The first-order valence-corrected chi connectivity index (χ1v) is 8.42. The lowest BCUT2D eigenvalue weighted by molar-refractivity contribution is 0.616. The fourth-order valence-corrected chi connectivity index (χ4v) is 3.14. The predicted octanol–water partition coefficient (Wildman–Crippen LogP) is 5.55. The molecule has 5 aromatic rings. The van der Waals surface area contributed by atoms with E-state index in [1.807, 2.05) is 36.5 Å². The molecule has 0 aliphatic rings. The van der Waals surface area contributed by atoms with Crippen LogP contribution in [0.2, 0.25) is 0 Å². The number of aromatic nitrogens is 3. The fraction of sp³-hybridized carbons (Fsp3) is 0. The Labute approximate surface area is 150 Å². The van der Waals surface area contributed by atoms with Gasteiger partial charge in [-0.15, -0.1) is 0 Å². The second kappa shape index (κ2) is 6.01. The summed E-state index contributed by atoms with van der Waals surface area (Å²) in [5, 5.41) is 6.82. The number of hydrogen-bond donors (Lipinski definition) is 1. The molecule has 3 aromatic heterocycles. The van der Waals surface area contributed by atoms with Crippen LogP contribution in [0.3, 0.4) is 0 Å². The van der Waals surface area contributed by atoms with E-state index in [0.717, 1.165) is 33.5 Å². The largest absolute Gasteiger partial charge is 0.462 e. The average molecular weight is 337 g/mol. The van der Waals surface area contributed by atoms with Crippen molar-refractivity contribution < 1.29 is 4.42 Å². The van der Waals surface area contributed by atoms with Crippen LogP contribution in [0.4, 0.5) is 0 Å². The zero-order valence-corrected chi connectivity index (χ0v) is 13.9. The molecule has 124 valence electrons. The van der Waals surface area contributed by atoms with E-state index in [0.29, 0.717) is 0 Å². The van der Waals surface area contributed by atoms with Crippen molar-refractivity contribution in [2.24, 2.45) is 0 Å². The Balaban J connectivity index is 1.57. The fourth-order valence-electron chi connectivity index (χ4n) is 3.14. The van der Waals surface area contributed by atoms with E-state index >= 15 is 0 Å². The third kappa shape index (κ3) is 2.48. The Hall–Kier alpha value is -3.66. The molecular formula is C22H15N3O. The lowest BCUT2D eigenvalue weighted by Gasteiger charge is -2.04. The minimum absolute atomic E-state index is 0.777. The van der Waals surface area contributed by atoms with Gasteiger partial charge in [-0.05, 0) is 28.8 Å². The van der Waals surface area contributed by atoms with Gasteiger partial charge in [0.05, 0.1) is 11.9 Å². The van der Waals surface area contributed by atoms with Crippen molar-refractivity contribution in [3.63, 3.8) is 0 Å². The van der Waals surface area contributed by atoms with Crippen molar-refractivity contribution in [1.29, 1.82) is 0 Å². The van der Waals surface area contributed by atoms with Gasteiger partial charge in [-0.2, -0.15) is 5.10 Å². The van der Waals surface area contributed by atoms with E-state index in [4.69, 9.17) is 9.40 Å². The number of pyridine rings is 1. The van der Waals surface area contributed by atoms with Gasteiger partial charge in [0.2, 0.25) is 0 Å². The zero-order valence-electron chi connectivity index (χ0n) is 13.9. The van der Waals surface area contributed by atoms with Gasteiger partial charge in [0.1, 0.15) is 11.8 Å². The molecule has 0 aliphatic carbocycles. The monoisotopic (exact) mass is 337 g/mol. The van der Waals surface area contributed by atoms with Gasteiger partial charge in [0.25, 0.3) is 0 Å². The maximum Gasteiger partial charge on any atom is 0.153 e. The quantitative estimate of drug-likeness (QED) is 0.469. The highest BCUT2D eigenvalue weighted by Crippen LogP contribution is 2.32. The molecule has 26 heavy (non-hydrogen) atoms. The zero-order chi connectivity index (χ0) is 17.3. The number of benzene rings is 2. The molecule has 5 rings (SSSR count). The maximum atomic E-state index is 5.70. The Bertz CT molecular complexity index is 1160. The van der Waals surface area contributed by atoms with E-state index in [-0.39, 0.29) is 0 Å². The van der Waals surface area contributed by atoms with Crippen molar-refractivity contribution in [3.8, 4) is 33.5 Å². The number of furan rings is 1. The van der Waals surface area contributed by atoms with Crippen molar-refractivity contribution in [3.05, 3.63) is 85.4 Å². The van der Waals surface area contributed by atoms with E-state index in [1.54, 1.807) is 12.5 Å². The lowest BCUT2D eigenvalue weighted by atomic mass is 10.0. The van der Waals surface area contributed by atoms with E-state index in [1.165, 1.54) is 11.1 Å². The van der Waals surface area contributed by atoms with Gasteiger partial charge in [-0.25, -0.2) is 4.98 Å². The molecule has 3 heterocycles. The molecule has 0 aliphatic heterocycles. The summed E-state index contributed by atoms with van der Waals surface area (Å²) in [4.78, 5) is 4.78. The molecule has 4 nitrogen and oxygen atoms in total. The van der Waals surface area contributed by atoms with Gasteiger partial charge in [0, 0.05) is 17.3 Å². The Morgan fingerprint density at radius 1 is 0.731 bits per heavy atom. The number of nitrogens with zero attached hydrogens (tertiary/aromatic N) is 2. The summed E-state index contributed by atoms with van der Waals surface area (Å²) in [7, 11) is 0. The Morgan fingerprint density at radius 3 is 2.27 bits per heavy atom. The molecule has 0 fully saturated rings. The number of fused-ring (bicyclic) bond motifs is 1. The summed E-state index contributed by atoms with van der Waals surface area (Å²) in [6.07, 6.45) is 5.37. The number of rotatable bonds is 3. The van der Waals surface area contributed by atoms with Crippen LogP contribution in [-0.4, -0.2) is 15.2 Å². The summed E-state index contributed by atoms with van der Waals surface area (Å²) in [5.41, 5.74) is 7.93. The van der Waals surface area contributed by atoms with Gasteiger partial charge in [0.15, 0.2) is 5.58 Å². The molecule has 0 bridgehead atoms. The van der Waals surface area contributed by atoms with Gasteiger partial charge >= 0.3 is 0 Å². The lowest BCUT2D eigenvalue weighted by Crippen LogP contribution is -1.84. The minimum atomic E-state index is 0.777. The molecule has 0 amide bonds. The van der Waals surface area contributed by atoms with Crippen LogP contribution in [0.1, 0.15) is 0 Å². The third-order valence-corrected chi connectivity index (χ3v) is 4.51. The maximum absolute atomic E-state index is 5.70. The summed E-state index contributed by atoms with van der Waals surface area (Å²) in [6, 6.07) is 22.7. The summed E-state index contributed by atoms with van der Waals surface area (Å²) in [5.74, 6) is 0. The highest BCUT2D eigenvalue weighted by molar-refractivity contribution is 5.92. The van der Waals surface area contributed by atoms with E-state index in [2.05, 4.69) is 46.6 Å². The molecule has 0 atom stereocenters. The highest BCUT2D eigenvalue weighted by atomic mass is 16.3. The first-order chi connectivity index (χ1) is 12.9. The Kier molecular flexibility index (Phi) is 3.39. The summed E-state index contributed by atoms with van der Waals surface area (Å²) < 4.78 is 5.70. The third-order valence-electron chi connectivity index (χ3n) is 4.51. The van der Waals surface area contributed by atoms with Crippen LogP contribution in [0, 0.1) is 0 Å². The number of H-pyrrole nitrogens is 1. The average Bonchev–Trinajstić information content (AvgIpc) is 3.38.